The number of nitrogens with zero attached hydrogens (tertiary/aromatic N) is 3. The molecular weight excluding hydrogens is 468 g/mol. The van der Waals surface area contributed by atoms with Crippen molar-refractivity contribution < 1.29 is 14.3 Å². The number of carbonyl (C=O) groups is 1. The van der Waals surface area contributed by atoms with Gasteiger partial charge in [-0.3, -0.25) is 9.36 Å². The normalized spacial score (nSPS) is 15.4. The lowest BCUT2D eigenvalue weighted by Crippen LogP contribution is -2.18. The molecular formula is C25H24N4O3S2. The number of carbonyl (C=O) groups excluding carboxylic acids is 1. The van der Waals surface area contributed by atoms with Crippen LogP contribution in [0.4, 0.5) is 5.69 Å². The maximum absolute atomic E-state index is 12.7. The number of amides is 1. The number of hydrogen-bond acceptors (Lipinski definition) is 7. The third kappa shape index (κ3) is 5.67. The average molecular weight is 493 g/mol. The highest BCUT2D eigenvalue weighted by Gasteiger charge is 2.22. The quantitative estimate of drug-likeness (QED) is 0.302. The van der Waals surface area contributed by atoms with Crippen LogP contribution in [0.1, 0.15) is 12.8 Å². The summed E-state index contributed by atoms with van der Waals surface area (Å²) in [4.78, 5) is 13.7. The second kappa shape index (κ2) is 10.9. The van der Waals surface area contributed by atoms with Crippen LogP contribution in [0, 0.1) is 0 Å². The summed E-state index contributed by atoms with van der Waals surface area (Å²) in [7, 11) is 0. The summed E-state index contributed by atoms with van der Waals surface area (Å²) in [5.41, 5.74) is 0.680. The summed E-state index contributed by atoms with van der Waals surface area (Å²) in [6.45, 7) is 1.47. The molecule has 1 fully saturated rings. The third-order valence-corrected chi connectivity index (χ3v) is 7.13. The van der Waals surface area contributed by atoms with Crippen LogP contribution in [0.5, 0.6) is 11.5 Å². The topological polar surface area (TPSA) is 78.3 Å². The molecule has 3 heterocycles. The molecule has 0 aliphatic carbocycles. The Morgan fingerprint density at radius 1 is 1.12 bits per heavy atom. The van der Waals surface area contributed by atoms with Crippen molar-refractivity contribution >= 4 is 34.7 Å². The molecule has 1 amide bonds. The van der Waals surface area contributed by atoms with Crippen molar-refractivity contribution in [2.75, 3.05) is 17.7 Å². The van der Waals surface area contributed by atoms with Gasteiger partial charge in [0.15, 0.2) is 11.0 Å². The van der Waals surface area contributed by atoms with E-state index in [0.29, 0.717) is 18.0 Å². The average Bonchev–Trinajstić information content (AvgIpc) is 3.62. The summed E-state index contributed by atoms with van der Waals surface area (Å²) in [5.74, 6) is 2.32. The molecule has 0 radical (unpaired) electrons. The zero-order valence-corrected chi connectivity index (χ0v) is 20.1. The number of nitrogens with one attached hydrogen (secondary N) is 1. The van der Waals surface area contributed by atoms with Crippen molar-refractivity contribution in [1.29, 1.82) is 0 Å². The van der Waals surface area contributed by atoms with Crippen LogP contribution in [-0.2, 0) is 16.1 Å². The van der Waals surface area contributed by atoms with Crippen molar-refractivity contribution in [2.24, 2.45) is 0 Å². The Bertz CT molecular complexity index is 1220. The van der Waals surface area contributed by atoms with E-state index in [1.165, 1.54) is 11.8 Å². The van der Waals surface area contributed by atoms with Crippen LogP contribution >= 0.6 is 23.1 Å². The highest BCUT2D eigenvalue weighted by atomic mass is 32.2. The molecule has 1 unspecified atom stereocenters. The van der Waals surface area contributed by atoms with Crippen LogP contribution in [0.15, 0.2) is 77.3 Å². The first-order chi connectivity index (χ1) is 16.7. The molecule has 0 saturated carbocycles. The summed E-state index contributed by atoms with van der Waals surface area (Å²) in [5, 5.41) is 14.5. The number of para-hydroxylation sites is 1. The fourth-order valence-electron chi connectivity index (χ4n) is 3.73. The third-order valence-electron chi connectivity index (χ3n) is 5.30. The van der Waals surface area contributed by atoms with Gasteiger partial charge in [0.25, 0.3) is 0 Å². The Hall–Kier alpha value is -3.14. The smallest absolute Gasteiger partial charge is 0.234 e. The second-order valence-corrected chi connectivity index (χ2v) is 9.70. The molecule has 0 spiro atoms. The van der Waals surface area contributed by atoms with Crippen LogP contribution in [0.25, 0.3) is 10.7 Å². The largest absolute Gasteiger partial charge is 0.457 e. The molecule has 1 atom stereocenters. The summed E-state index contributed by atoms with van der Waals surface area (Å²) < 4.78 is 13.8. The number of thiophene rings is 1. The maximum Gasteiger partial charge on any atom is 0.234 e. The molecule has 1 aliphatic rings. The van der Waals surface area contributed by atoms with Crippen LogP contribution in [0.2, 0.25) is 0 Å². The number of thioether (sulfide) groups is 1. The van der Waals surface area contributed by atoms with E-state index in [9.17, 15) is 4.79 Å². The van der Waals surface area contributed by atoms with Gasteiger partial charge < -0.3 is 14.8 Å². The lowest BCUT2D eigenvalue weighted by molar-refractivity contribution is -0.113. The lowest BCUT2D eigenvalue weighted by Gasteiger charge is -2.14. The lowest BCUT2D eigenvalue weighted by atomic mass is 10.2. The van der Waals surface area contributed by atoms with E-state index in [0.717, 1.165) is 41.1 Å². The van der Waals surface area contributed by atoms with Crippen molar-refractivity contribution in [3.63, 3.8) is 0 Å². The van der Waals surface area contributed by atoms with Gasteiger partial charge >= 0.3 is 0 Å². The summed E-state index contributed by atoms with van der Waals surface area (Å²) in [6, 6.07) is 20.9. The van der Waals surface area contributed by atoms with Gasteiger partial charge in [-0.1, -0.05) is 42.1 Å². The van der Waals surface area contributed by atoms with E-state index in [4.69, 9.17) is 9.47 Å². The monoisotopic (exact) mass is 492 g/mol. The van der Waals surface area contributed by atoms with E-state index in [-0.39, 0.29) is 17.8 Å². The maximum atomic E-state index is 12.7. The fraction of sp³-hybridized carbons (Fsp3) is 0.240. The summed E-state index contributed by atoms with van der Waals surface area (Å²) in [6.07, 6.45) is 2.24. The number of aromatic nitrogens is 3. The minimum Gasteiger partial charge on any atom is -0.457 e. The SMILES string of the molecule is O=C(CSc1nnc(-c2cccs2)n1CC1CCCO1)Nc1cccc(Oc2ccccc2)c1. The van der Waals surface area contributed by atoms with E-state index >= 15 is 0 Å². The number of ether oxygens (including phenoxy) is 2. The van der Waals surface area contributed by atoms with E-state index < -0.39 is 0 Å². The Morgan fingerprint density at radius 2 is 2.00 bits per heavy atom. The second-order valence-electron chi connectivity index (χ2n) is 7.81. The Labute approximate surface area is 206 Å². The number of rotatable bonds is 9. The Kier molecular flexibility index (Phi) is 7.23. The number of anilines is 1. The van der Waals surface area contributed by atoms with Gasteiger partial charge in [-0.15, -0.1) is 21.5 Å². The van der Waals surface area contributed by atoms with Crippen LogP contribution in [0.3, 0.4) is 0 Å². The molecule has 4 aromatic rings. The number of hydrogen-bond donors (Lipinski definition) is 1. The van der Waals surface area contributed by atoms with Gasteiger partial charge in [0.05, 0.1) is 23.3 Å². The highest BCUT2D eigenvalue weighted by molar-refractivity contribution is 7.99. The van der Waals surface area contributed by atoms with Crippen LogP contribution in [-0.4, -0.2) is 39.1 Å². The first kappa shape index (κ1) is 22.6. The molecule has 5 rings (SSSR count). The first-order valence-corrected chi connectivity index (χ1v) is 13.0. The predicted molar refractivity (Wildman–Crippen MR) is 135 cm³/mol. The van der Waals surface area contributed by atoms with Gasteiger partial charge in [0.1, 0.15) is 11.5 Å². The van der Waals surface area contributed by atoms with Gasteiger partial charge in [0, 0.05) is 18.4 Å². The molecule has 34 heavy (non-hydrogen) atoms. The van der Waals surface area contributed by atoms with Crippen molar-refractivity contribution in [1.82, 2.24) is 14.8 Å². The standard InChI is InChI=1S/C25H24N4O3S2/c30-23(26-18-7-4-10-20(15-18)32-19-8-2-1-3-9-19)17-34-25-28-27-24(22-12-6-14-33-22)29(25)16-21-11-5-13-31-21/h1-4,6-10,12,14-15,21H,5,11,13,16-17H2,(H,26,30). The molecule has 9 heteroatoms. The molecule has 1 saturated heterocycles. The molecule has 7 nitrogen and oxygen atoms in total. The molecule has 1 N–H and O–H groups in total. The van der Waals surface area contributed by atoms with Gasteiger partial charge in [-0.25, -0.2) is 0 Å². The molecule has 174 valence electrons. The minimum absolute atomic E-state index is 0.119. The minimum atomic E-state index is -0.119. The van der Waals surface area contributed by atoms with E-state index in [1.54, 1.807) is 11.3 Å². The summed E-state index contributed by atoms with van der Waals surface area (Å²) >= 11 is 3.00. The molecule has 2 aromatic heterocycles. The van der Waals surface area contributed by atoms with Gasteiger partial charge in [-0.05, 0) is 48.6 Å². The zero-order valence-electron chi connectivity index (χ0n) is 18.4. The van der Waals surface area contributed by atoms with E-state index in [1.807, 2.05) is 72.1 Å². The zero-order chi connectivity index (χ0) is 23.2. The fourth-order valence-corrected chi connectivity index (χ4v) is 5.19. The van der Waals surface area contributed by atoms with Gasteiger partial charge in [0.2, 0.25) is 5.91 Å². The van der Waals surface area contributed by atoms with Crippen molar-refractivity contribution in [3.05, 3.63) is 72.1 Å². The molecule has 0 bridgehead atoms. The van der Waals surface area contributed by atoms with Crippen LogP contribution < -0.4 is 10.1 Å². The first-order valence-electron chi connectivity index (χ1n) is 11.1. The molecule has 2 aromatic carbocycles. The van der Waals surface area contributed by atoms with Crippen molar-refractivity contribution in [2.45, 2.75) is 30.6 Å². The highest BCUT2D eigenvalue weighted by Crippen LogP contribution is 2.29. The Balaban J connectivity index is 1.23. The van der Waals surface area contributed by atoms with E-state index in [2.05, 4.69) is 20.1 Å². The van der Waals surface area contributed by atoms with Crippen molar-refractivity contribution in [3.8, 4) is 22.2 Å². The Morgan fingerprint density at radius 3 is 2.79 bits per heavy atom. The molecule has 1 aliphatic heterocycles. The number of benzene rings is 2. The predicted octanol–water partition coefficient (Wildman–Crippen LogP) is 5.71. The van der Waals surface area contributed by atoms with Gasteiger partial charge in [-0.2, -0.15) is 0 Å².